The molecule has 0 unspecified atom stereocenters. The molecule has 136 valence electrons. The largest absolute Gasteiger partial charge is 0.356 e. The Kier molecular flexibility index (Phi) is 4.94. The molecule has 0 amide bonds. The van der Waals surface area contributed by atoms with Gasteiger partial charge in [0.25, 0.3) is 0 Å². The van der Waals surface area contributed by atoms with Gasteiger partial charge in [-0.25, -0.2) is 9.97 Å². The van der Waals surface area contributed by atoms with Crippen LogP contribution in [0.15, 0.2) is 30.3 Å². The second kappa shape index (κ2) is 7.36. The molecular formula is C22H27N3S. The van der Waals surface area contributed by atoms with Crippen molar-refractivity contribution < 1.29 is 0 Å². The van der Waals surface area contributed by atoms with Crippen LogP contribution >= 0.6 is 11.3 Å². The molecule has 26 heavy (non-hydrogen) atoms. The molecule has 1 aromatic carbocycles. The van der Waals surface area contributed by atoms with Crippen LogP contribution in [0.2, 0.25) is 0 Å². The Bertz CT molecular complexity index is 893. The van der Waals surface area contributed by atoms with Crippen LogP contribution in [-0.2, 0) is 12.8 Å². The Balaban J connectivity index is 1.55. The molecule has 3 nitrogen and oxygen atoms in total. The van der Waals surface area contributed by atoms with E-state index in [-0.39, 0.29) is 0 Å². The highest BCUT2D eigenvalue weighted by Crippen LogP contribution is 2.36. The van der Waals surface area contributed by atoms with E-state index in [4.69, 9.17) is 9.97 Å². The van der Waals surface area contributed by atoms with Crippen molar-refractivity contribution in [3.8, 4) is 0 Å². The lowest BCUT2D eigenvalue weighted by atomic mass is 9.90. The molecule has 0 saturated carbocycles. The smallest absolute Gasteiger partial charge is 0.141 e. The summed E-state index contributed by atoms with van der Waals surface area (Å²) in [5, 5.41) is 1.28. The number of rotatable bonds is 4. The molecule has 2 aromatic heterocycles. The summed E-state index contributed by atoms with van der Waals surface area (Å²) < 4.78 is 0. The van der Waals surface area contributed by atoms with Crippen LogP contribution in [0.1, 0.15) is 41.6 Å². The maximum atomic E-state index is 4.95. The summed E-state index contributed by atoms with van der Waals surface area (Å²) in [6, 6.07) is 10.9. The quantitative estimate of drug-likeness (QED) is 0.626. The highest BCUT2D eigenvalue weighted by molar-refractivity contribution is 7.18. The van der Waals surface area contributed by atoms with Gasteiger partial charge in [-0.1, -0.05) is 37.3 Å². The minimum Gasteiger partial charge on any atom is -0.356 e. The standard InChI is InChI=1S/C22H27N3S/c1-4-19-23-21(20-15(2)16(3)26-22(20)24-19)25-12-10-18(11-13-25)14-17-8-6-5-7-9-17/h5-9,18H,4,10-14H2,1-3H3. The number of aromatic nitrogens is 2. The van der Waals surface area contributed by atoms with Gasteiger partial charge in [0, 0.05) is 24.4 Å². The number of aryl methyl sites for hydroxylation is 3. The van der Waals surface area contributed by atoms with Crippen LogP contribution < -0.4 is 4.90 Å². The molecule has 0 bridgehead atoms. The number of fused-ring (bicyclic) bond motifs is 1. The molecule has 0 radical (unpaired) electrons. The number of benzene rings is 1. The van der Waals surface area contributed by atoms with Gasteiger partial charge in [-0.15, -0.1) is 11.3 Å². The Morgan fingerprint density at radius 1 is 1.08 bits per heavy atom. The molecule has 1 aliphatic heterocycles. The fourth-order valence-electron chi connectivity index (χ4n) is 3.95. The summed E-state index contributed by atoms with van der Waals surface area (Å²) in [7, 11) is 0. The molecular weight excluding hydrogens is 338 g/mol. The molecule has 4 rings (SSSR count). The Morgan fingerprint density at radius 2 is 1.81 bits per heavy atom. The average molecular weight is 366 g/mol. The zero-order chi connectivity index (χ0) is 18.1. The first kappa shape index (κ1) is 17.5. The highest BCUT2D eigenvalue weighted by atomic mass is 32.1. The number of hydrogen-bond acceptors (Lipinski definition) is 4. The molecule has 1 aliphatic rings. The molecule has 1 saturated heterocycles. The summed E-state index contributed by atoms with van der Waals surface area (Å²) in [6.45, 7) is 8.75. The number of hydrogen-bond donors (Lipinski definition) is 0. The topological polar surface area (TPSA) is 29.0 Å². The fourth-order valence-corrected chi connectivity index (χ4v) is 5.00. The second-order valence-electron chi connectivity index (χ2n) is 7.40. The minimum atomic E-state index is 0.780. The second-order valence-corrected chi connectivity index (χ2v) is 8.60. The number of nitrogens with zero attached hydrogens (tertiary/aromatic N) is 3. The van der Waals surface area contributed by atoms with Gasteiger partial charge in [0.2, 0.25) is 0 Å². The lowest BCUT2D eigenvalue weighted by Crippen LogP contribution is -2.35. The highest BCUT2D eigenvalue weighted by Gasteiger charge is 2.24. The summed E-state index contributed by atoms with van der Waals surface area (Å²) >= 11 is 1.81. The molecule has 3 aromatic rings. The van der Waals surface area contributed by atoms with Crippen LogP contribution in [-0.4, -0.2) is 23.1 Å². The van der Waals surface area contributed by atoms with E-state index in [1.54, 1.807) is 0 Å². The first-order valence-corrected chi connectivity index (χ1v) is 10.5. The summed E-state index contributed by atoms with van der Waals surface area (Å²) in [5.41, 5.74) is 2.82. The third kappa shape index (κ3) is 3.35. The zero-order valence-corrected chi connectivity index (χ0v) is 16.8. The van der Waals surface area contributed by atoms with Crippen molar-refractivity contribution in [1.82, 2.24) is 9.97 Å². The Morgan fingerprint density at radius 3 is 2.50 bits per heavy atom. The molecule has 0 N–H and O–H groups in total. The van der Waals surface area contributed by atoms with E-state index in [2.05, 4.69) is 56.0 Å². The van der Waals surface area contributed by atoms with Crippen LogP contribution in [0.5, 0.6) is 0 Å². The van der Waals surface area contributed by atoms with E-state index in [1.165, 1.54) is 46.5 Å². The van der Waals surface area contributed by atoms with Crippen molar-refractivity contribution in [3.05, 3.63) is 52.2 Å². The first-order valence-electron chi connectivity index (χ1n) is 9.71. The maximum Gasteiger partial charge on any atom is 0.141 e. The van der Waals surface area contributed by atoms with Crippen molar-refractivity contribution in [1.29, 1.82) is 0 Å². The fraction of sp³-hybridized carbons (Fsp3) is 0.455. The van der Waals surface area contributed by atoms with Crippen LogP contribution in [0.4, 0.5) is 5.82 Å². The summed E-state index contributed by atoms with van der Waals surface area (Å²) in [4.78, 5) is 14.8. The van der Waals surface area contributed by atoms with Crippen LogP contribution in [0.25, 0.3) is 10.2 Å². The number of thiophene rings is 1. The molecule has 0 spiro atoms. The van der Waals surface area contributed by atoms with E-state index < -0.39 is 0 Å². The van der Waals surface area contributed by atoms with Gasteiger partial charge in [-0.2, -0.15) is 0 Å². The van der Waals surface area contributed by atoms with Gasteiger partial charge in [-0.3, -0.25) is 0 Å². The van der Waals surface area contributed by atoms with Gasteiger partial charge >= 0.3 is 0 Å². The molecule has 0 aliphatic carbocycles. The van der Waals surface area contributed by atoms with Gasteiger partial charge in [0.1, 0.15) is 16.5 Å². The first-order chi connectivity index (χ1) is 12.7. The van der Waals surface area contributed by atoms with E-state index in [9.17, 15) is 0 Å². The number of piperidine rings is 1. The maximum absolute atomic E-state index is 4.95. The summed E-state index contributed by atoms with van der Waals surface area (Å²) in [6.07, 6.45) is 4.57. The third-order valence-electron chi connectivity index (χ3n) is 5.65. The normalized spacial score (nSPS) is 15.7. The third-order valence-corrected chi connectivity index (χ3v) is 6.75. The van der Waals surface area contributed by atoms with Gasteiger partial charge in [-0.05, 0) is 50.2 Å². The van der Waals surface area contributed by atoms with E-state index >= 15 is 0 Å². The average Bonchev–Trinajstić information content (AvgIpc) is 2.96. The van der Waals surface area contributed by atoms with Crippen molar-refractivity contribution in [2.24, 2.45) is 5.92 Å². The lowest BCUT2D eigenvalue weighted by Gasteiger charge is -2.33. The molecule has 1 fully saturated rings. The monoisotopic (exact) mass is 365 g/mol. The summed E-state index contributed by atoms with van der Waals surface area (Å²) in [5.74, 6) is 2.92. The van der Waals surface area contributed by atoms with Gasteiger partial charge in [0.15, 0.2) is 0 Å². The Labute approximate surface area is 160 Å². The SMILES string of the molecule is CCc1nc(N2CCC(Cc3ccccc3)CC2)c2c(C)c(C)sc2n1. The predicted molar refractivity (Wildman–Crippen MR) is 111 cm³/mol. The van der Waals surface area contributed by atoms with E-state index in [1.807, 2.05) is 11.3 Å². The van der Waals surface area contributed by atoms with Gasteiger partial charge < -0.3 is 4.90 Å². The van der Waals surface area contributed by atoms with Crippen molar-refractivity contribution in [2.45, 2.75) is 46.5 Å². The minimum absolute atomic E-state index is 0.780. The van der Waals surface area contributed by atoms with Crippen LogP contribution in [0.3, 0.4) is 0 Å². The van der Waals surface area contributed by atoms with E-state index in [0.29, 0.717) is 0 Å². The van der Waals surface area contributed by atoms with Crippen molar-refractivity contribution in [3.63, 3.8) is 0 Å². The van der Waals surface area contributed by atoms with E-state index in [0.717, 1.165) is 36.1 Å². The van der Waals surface area contributed by atoms with Crippen molar-refractivity contribution in [2.75, 3.05) is 18.0 Å². The van der Waals surface area contributed by atoms with Crippen molar-refractivity contribution >= 4 is 27.4 Å². The number of anilines is 1. The lowest BCUT2D eigenvalue weighted by molar-refractivity contribution is 0.402. The Hall–Kier alpha value is -1.94. The predicted octanol–water partition coefficient (Wildman–Crippen LogP) is 5.33. The van der Waals surface area contributed by atoms with Crippen LogP contribution in [0, 0.1) is 19.8 Å². The van der Waals surface area contributed by atoms with Gasteiger partial charge in [0.05, 0.1) is 5.39 Å². The molecule has 0 atom stereocenters. The zero-order valence-electron chi connectivity index (χ0n) is 16.0. The molecule has 4 heteroatoms. The molecule has 3 heterocycles.